The second-order valence-electron chi connectivity index (χ2n) is 7.26. The number of amides is 1. The van der Waals surface area contributed by atoms with Gasteiger partial charge < -0.3 is 10.0 Å². The monoisotopic (exact) mass is 398 g/mol. The van der Waals surface area contributed by atoms with Gasteiger partial charge in [0.15, 0.2) is 5.82 Å². The van der Waals surface area contributed by atoms with Crippen molar-refractivity contribution in [2.75, 3.05) is 19.7 Å². The number of halogens is 1. The lowest BCUT2D eigenvalue weighted by atomic mass is 9.99. The Bertz CT molecular complexity index is 1010. The molecule has 1 amide bonds. The molecule has 0 bridgehead atoms. The summed E-state index contributed by atoms with van der Waals surface area (Å²) in [5, 5.41) is 20.8. The molecule has 1 aliphatic rings. The van der Waals surface area contributed by atoms with Gasteiger partial charge in [-0.1, -0.05) is 6.07 Å². The van der Waals surface area contributed by atoms with E-state index in [4.69, 9.17) is 10.1 Å². The van der Waals surface area contributed by atoms with Gasteiger partial charge in [0.2, 0.25) is 5.91 Å². The fourth-order valence-corrected chi connectivity index (χ4v) is 3.78. The lowest BCUT2D eigenvalue weighted by molar-refractivity contribution is -0.134. The number of rotatable bonds is 4. The highest BCUT2D eigenvalue weighted by Crippen LogP contribution is 2.31. The SMILES string of the molecule is Cc1[nH]ncc1-c1nc(C2CCCN(C(=O)CO)CC2)n(-c2cccc(F)c2)n1. The molecule has 1 aliphatic heterocycles. The average Bonchev–Trinajstić information content (AvgIpc) is 3.26. The number of hydrogen-bond donors (Lipinski definition) is 2. The van der Waals surface area contributed by atoms with Crippen molar-refractivity contribution < 1.29 is 14.3 Å². The molecule has 0 aliphatic carbocycles. The molecule has 3 heterocycles. The first-order valence-electron chi connectivity index (χ1n) is 9.68. The van der Waals surface area contributed by atoms with E-state index in [1.165, 1.54) is 12.1 Å². The van der Waals surface area contributed by atoms with Crippen LogP contribution >= 0.6 is 0 Å². The van der Waals surface area contributed by atoms with Crippen LogP contribution in [0, 0.1) is 12.7 Å². The number of carbonyl (C=O) groups is 1. The van der Waals surface area contributed by atoms with E-state index in [0.29, 0.717) is 31.0 Å². The van der Waals surface area contributed by atoms with E-state index in [2.05, 4.69) is 15.3 Å². The number of hydrogen-bond acceptors (Lipinski definition) is 5. The molecule has 4 rings (SSSR count). The zero-order valence-electron chi connectivity index (χ0n) is 16.2. The van der Waals surface area contributed by atoms with Crippen molar-refractivity contribution in [3.8, 4) is 17.1 Å². The maximum Gasteiger partial charge on any atom is 0.248 e. The van der Waals surface area contributed by atoms with Crippen molar-refractivity contribution >= 4 is 5.91 Å². The van der Waals surface area contributed by atoms with Gasteiger partial charge in [-0.25, -0.2) is 14.1 Å². The van der Waals surface area contributed by atoms with Gasteiger partial charge in [0, 0.05) is 24.7 Å². The van der Waals surface area contributed by atoms with Crippen molar-refractivity contribution in [2.45, 2.75) is 32.1 Å². The number of aromatic amines is 1. The molecule has 2 aromatic heterocycles. The first-order valence-corrected chi connectivity index (χ1v) is 9.68. The van der Waals surface area contributed by atoms with E-state index in [1.807, 2.05) is 6.92 Å². The molecule has 1 atom stereocenters. The number of aliphatic hydroxyl groups excluding tert-OH is 1. The summed E-state index contributed by atoms with van der Waals surface area (Å²) in [7, 11) is 0. The first-order chi connectivity index (χ1) is 14.1. The molecule has 1 saturated heterocycles. The summed E-state index contributed by atoms with van der Waals surface area (Å²) >= 11 is 0. The Morgan fingerprint density at radius 2 is 2.21 bits per heavy atom. The fraction of sp³-hybridized carbons (Fsp3) is 0.400. The van der Waals surface area contributed by atoms with Crippen molar-refractivity contribution in [2.24, 2.45) is 0 Å². The Morgan fingerprint density at radius 3 is 2.93 bits per heavy atom. The molecule has 3 aromatic rings. The summed E-state index contributed by atoms with van der Waals surface area (Å²) in [4.78, 5) is 18.4. The number of carbonyl (C=O) groups excluding carboxylic acids is 1. The number of likely N-dealkylation sites (tertiary alicyclic amines) is 1. The first kappa shape index (κ1) is 19.3. The van der Waals surface area contributed by atoms with E-state index < -0.39 is 6.61 Å². The van der Waals surface area contributed by atoms with Crippen LogP contribution in [0.5, 0.6) is 0 Å². The molecule has 1 aromatic carbocycles. The van der Waals surface area contributed by atoms with E-state index in [-0.39, 0.29) is 17.6 Å². The molecule has 8 nitrogen and oxygen atoms in total. The molecular weight excluding hydrogens is 375 g/mol. The number of aryl methyl sites for hydroxylation is 1. The third-order valence-electron chi connectivity index (χ3n) is 5.34. The number of aromatic nitrogens is 5. The minimum atomic E-state index is -0.478. The Kier molecular flexibility index (Phi) is 5.39. The predicted octanol–water partition coefficient (Wildman–Crippen LogP) is 2.19. The van der Waals surface area contributed by atoms with E-state index in [1.54, 1.807) is 27.9 Å². The van der Waals surface area contributed by atoms with Gasteiger partial charge in [0.1, 0.15) is 18.2 Å². The van der Waals surface area contributed by atoms with Crippen LogP contribution in [0.3, 0.4) is 0 Å². The number of aliphatic hydroxyl groups is 1. The van der Waals surface area contributed by atoms with Gasteiger partial charge in [0.05, 0.1) is 17.4 Å². The zero-order chi connectivity index (χ0) is 20.4. The van der Waals surface area contributed by atoms with Crippen molar-refractivity contribution in [1.82, 2.24) is 29.9 Å². The molecule has 1 unspecified atom stereocenters. The molecule has 1 fully saturated rings. The molecule has 0 saturated carbocycles. The lowest BCUT2D eigenvalue weighted by Gasteiger charge is -2.19. The van der Waals surface area contributed by atoms with Gasteiger partial charge >= 0.3 is 0 Å². The minimum Gasteiger partial charge on any atom is -0.387 e. The van der Waals surface area contributed by atoms with Gasteiger partial charge in [-0.15, -0.1) is 5.10 Å². The molecule has 0 radical (unpaired) electrons. The van der Waals surface area contributed by atoms with Crippen LogP contribution in [0.4, 0.5) is 4.39 Å². The number of nitrogens with one attached hydrogen (secondary N) is 1. The average molecular weight is 398 g/mol. The smallest absolute Gasteiger partial charge is 0.248 e. The topological polar surface area (TPSA) is 99.9 Å². The number of nitrogens with zero attached hydrogens (tertiary/aromatic N) is 5. The Labute approximate surface area is 167 Å². The summed E-state index contributed by atoms with van der Waals surface area (Å²) in [6.45, 7) is 2.57. The van der Waals surface area contributed by atoms with E-state index in [0.717, 1.165) is 29.9 Å². The van der Waals surface area contributed by atoms with Crippen LogP contribution in [0.25, 0.3) is 17.1 Å². The third-order valence-corrected chi connectivity index (χ3v) is 5.34. The number of benzene rings is 1. The summed E-state index contributed by atoms with van der Waals surface area (Å²) in [5.41, 5.74) is 2.26. The molecular formula is C20H23FN6O2. The molecule has 29 heavy (non-hydrogen) atoms. The van der Waals surface area contributed by atoms with Crippen LogP contribution in [0.1, 0.15) is 36.7 Å². The van der Waals surface area contributed by atoms with Crippen LogP contribution < -0.4 is 0 Å². The van der Waals surface area contributed by atoms with Crippen molar-refractivity contribution in [3.63, 3.8) is 0 Å². The Balaban J connectivity index is 1.72. The van der Waals surface area contributed by atoms with E-state index in [9.17, 15) is 9.18 Å². The van der Waals surface area contributed by atoms with Gasteiger partial charge in [0.25, 0.3) is 0 Å². The van der Waals surface area contributed by atoms with Crippen LogP contribution in [0.2, 0.25) is 0 Å². The third kappa shape index (κ3) is 3.91. The predicted molar refractivity (Wildman–Crippen MR) is 104 cm³/mol. The van der Waals surface area contributed by atoms with Gasteiger partial charge in [-0.2, -0.15) is 5.10 Å². The lowest BCUT2D eigenvalue weighted by Crippen LogP contribution is -2.34. The summed E-state index contributed by atoms with van der Waals surface area (Å²) < 4.78 is 15.6. The van der Waals surface area contributed by atoms with Crippen molar-refractivity contribution in [1.29, 1.82) is 0 Å². The Morgan fingerprint density at radius 1 is 1.34 bits per heavy atom. The highest BCUT2D eigenvalue weighted by molar-refractivity contribution is 5.77. The second kappa shape index (κ2) is 8.12. The zero-order valence-corrected chi connectivity index (χ0v) is 16.2. The van der Waals surface area contributed by atoms with Crippen LogP contribution in [-0.2, 0) is 4.79 Å². The van der Waals surface area contributed by atoms with Gasteiger partial charge in [-0.05, 0) is 44.4 Å². The second-order valence-corrected chi connectivity index (χ2v) is 7.26. The Hall–Kier alpha value is -3.07. The molecule has 2 N–H and O–H groups in total. The normalized spacial score (nSPS) is 17.3. The summed E-state index contributed by atoms with van der Waals surface area (Å²) in [5.74, 6) is 0.730. The molecule has 0 spiro atoms. The largest absolute Gasteiger partial charge is 0.387 e. The molecule has 9 heteroatoms. The van der Waals surface area contributed by atoms with Gasteiger partial charge in [-0.3, -0.25) is 9.89 Å². The van der Waals surface area contributed by atoms with Crippen LogP contribution in [-0.4, -0.2) is 60.6 Å². The summed E-state index contributed by atoms with van der Waals surface area (Å²) in [6, 6.07) is 6.27. The molecule has 152 valence electrons. The number of H-pyrrole nitrogens is 1. The quantitative estimate of drug-likeness (QED) is 0.702. The highest BCUT2D eigenvalue weighted by atomic mass is 19.1. The standard InChI is InChI=1S/C20H23FN6O2/c1-13-17(11-22-24-13)19-23-20(27(25-19)16-6-2-5-15(21)10-16)14-4-3-8-26(9-7-14)18(29)12-28/h2,5-6,10-11,14,28H,3-4,7-9,12H2,1H3,(H,22,24). The van der Waals surface area contributed by atoms with E-state index >= 15 is 0 Å². The van der Waals surface area contributed by atoms with Crippen LogP contribution in [0.15, 0.2) is 30.5 Å². The summed E-state index contributed by atoms with van der Waals surface area (Å²) in [6.07, 6.45) is 4.00. The maximum atomic E-state index is 13.9. The minimum absolute atomic E-state index is 0.0585. The maximum absolute atomic E-state index is 13.9. The fourth-order valence-electron chi connectivity index (χ4n) is 3.78. The van der Waals surface area contributed by atoms with Crippen molar-refractivity contribution in [3.05, 3.63) is 47.8 Å². The highest BCUT2D eigenvalue weighted by Gasteiger charge is 2.27.